The van der Waals surface area contributed by atoms with Crippen molar-refractivity contribution < 1.29 is 8.42 Å². The highest BCUT2D eigenvalue weighted by molar-refractivity contribution is 7.91. The zero-order valence-corrected chi connectivity index (χ0v) is 18.0. The van der Waals surface area contributed by atoms with Gasteiger partial charge in [-0.2, -0.15) is 5.10 Å². The summed E-state index contributed by atoms with van der Waals surface area (Å²) in [6, 6.07) is 1.84. The van der Waals surface area contributed by atoms with Gasteiger partial charge in [0.15, 0.2) is 16.5 Å². The minimum absolute atomic E-state index is 0.270. The lowest BCUT2D eigenvalue weighted by Crippen LogP contribution is -2.26. The summed E-state index contributed by atoms with van der Waals surface area (Å²) in [7, 11) is -2.87. The van der Waals surface area contributed by atoms with Gasteiger partial charge in [0.1, 0.15) is 15.5 Å². The number of pyridine rings is 1. The zero-order valence-electron chi connectivity index (χ0n) is 16.4. The highest BCUT2D eigenvalue weighted by atomic mass is 32.2. The van der Waals surface area contributed by atoms with E-state index in [-0.39, 0.29) is 11.5 Å². The molecule has 5 heterocycles. The average Bonchev–Trinajstić information content (AvgIpc) is 3.42. The number of imidazole rings is 1. The van der Waals surface area contributed by atoms with E-state index in [4.69, 9.17) is 10.7 Å². The van der Waals surface area contributed by atoms with E-state index in [1.54, 1.807) is 6.20 Å². The topological polar surface area (TPSA) is 132 Å². The Morgan fingerprint density at radius 1 is 1.27 bits per heavy atom. The van der Waals surface area contributed by atoms with Crippen molar-refractivity contribution in [1.29, 1.82) is 0 Å². The Bertz CT molecular complexity index is 1320. The van der Waals surface area contributed by atoms with Gasteiger partial charge in [-0.3, -0.25) is 5.10 Å². The first-order valence-electron chi connectivity index (χ1n) is 9.68. The molecule has 4 aromatic rings. The fourth-order valence-corrected chi connectivity index (χ4v) is 6.25. The number of H-pyrrole nitrogens is 1. The number of nitrogen functional groups attached to an aromatic ring is 1. The van der Waals surface area contributed by atoms with E-state index < -0.39 is 9.84 Å². The van der Waals surface area contributed by atoms with E-state index >= 15 is 0 Å². The lowest BCUT2D eigenvalue weighted by molar-refractivity contribution is 0.402. The molecule has 156 valence electrons. The second kappa shape index (κ2) is 7.17. The Morgan fingerprint density at radius 2 is 2.07 bits per heavy atom. The molecule has 1 fully saturated rings. The molecule has 0 amide bonds. The quantitative estimate of drug-likeness (QED) is 0.495. The van der Waals surface area contributed by atoms with Gasteiger partial charge in [-0.1, -0.05) is 0 Å². The number of nitrogens with one attached hydrogen (secondary N) is 1. The van der Waals surface area contributed by atoms with Gasteiger partial charge in [-0.15, -0.1) is 11.3 Å². The Morgan fingerprint density at radius 3 is 2.87 bits per heavy atom. The molecule has 1 aliphatic heterocycles. The van der Waals surface area contributed by atoms with Crippen molar-refractivity contribution in [2.24, 2.45) is 5.92 Å². The third-order valence-electron chi connectivity index (χ3n) is 5.55. The van der Waals surface area contributed by atoms with Crippen LogP contribution in [0, 0.1) is 12.8 Å². The van der Waals surface area contributed by atoms with Gasteiger partial charge in [0, 0.05) is 23.8 Å². The predicted molar refractivity (Wildman–Crippen MR) is 117 cm³/mol. The highest BCUT2D eigenvalue weighted by Crippen LogP contribution is 2.32. The van der Waals surface area contributed by atoms with E-state index in [0.717, 1.165) is 39.8 Å². The molecular weight excluding hydrogens is 422 g/mol. The Balaban J connectivity index is 1.45. The SMILES string of the molecule is Cc1cnc(-c2nc(-c3[nH]nc4ncc(N)cc34)cs2)n1CC1CCS(=O)(=O)CC1. The Kier molecular flexibility index (Phi) is 4.58. The molecule has 0 spiro atoms. The van der Waals surface area contributed by atoms with Crippen LogP contribution in [0.5, 0.6) is 0 Å². The largest absolute Gasteiger partial charge is 0.397 e. The maximum atomic E-state index is 11.7. The first-order chi connectivity index (χ1) is 14.4. The molecule has 4 aromatic heterocycles. The monoisotopic (exact) mass is 443 g/mol. The molecule has 0 unspecified atom stereocenters. The van der Waals surface area contributed by atoms with Gasteiger partial charge in [0.2, 0.25) is 0 Å². The van der Waals surface area contributed by atoms with Crippen LogP contribution >= 0.6 is 11.3 Å². The average molecular weight is 444 g/mol. The number of thiazole rings is 1. The van der Waals surface area contributed by atoms with E-state index in [2.05, 4.69) is 24.7 Å². The van der Waals surface area contributed by atoms with Gasteiger partial charge in [-0.05, 0) is 31.7 Å². The number of aromatic nitrogens is 6. The normalized spacial score (nSPS) is 17.0. The van der Waals surface area contributed by atoms with Gasteiger partial charge >= 0.3 is 0 Å². The van der Waals surface area contributed by atoms with Crippen molar-refractivity contribution in [3.05, 3.63) is 29.5 Å². The third-order valence-corrected chi connectivity index (χ3v) is 8.11. The second-order valence-electron chi connectivity index (χ2n) is 7.71. The van der Waals surface area contributed by atoms with Gasteiger partial charge in [-0.25, -0.2) is 23.4 Å². The third kappa shape index (κ3) is 3.47. The summed E-state index contributed by atoms with van der Waals surface area (Å²) < 4.78 is 25.6. The first kappa shape index (κ1) is 19.2. The van der Waals surface area contributed by atoms with Gasteiger partial charge in [0.05, 0.1) is 34.5 Å². The number of aromatic amines is 1. The summed E-state index contributed by atoms with van der Waals surface area (Å²) in [5.41, 5.74) is 9.63. The number of anilines is 1. The number of sulfone groups is 1. The van der Waals surface area contributed by atoms with Crippen LogP contribution in [-0.2, 0) is 16.4 Å². The maximum Gasteiger partial charge on any atom is 0.181 e. The molecule has 9 nitrogen and oxygen atoms in total. The van der Waals surface area contributed by atoms with Crippen molar-refractivity contribution in [3.63, 3.8) is 0 Å². The lowest BCUT2D eigenvalue weighted by atomic mass is 10.0. The number of hydrogen-bond donors (Lipinski definition) is 2. The molecule has 0 radical (unpaired) electrons. The van der Waals surface area contributed by atoms with E-state index in [1.165, 1.54) is 11.3 Å². The van der Waals surface area contributed by atoms with Crippen molar-refractivity contribution >= 4 is 37.9 Å². The molecule has 1 aliphatic rings. The molecule has 1 saturated heterocycles. The summed E-state index contributed by atoms with van der Waals surface area (Å²) in [5, 5.41) is 10.8. The number of aryl methyl sites for hydroxylation is 1. The van der Waals surface area contributed by atoms with E-state index in [9.17, 15) is 8.42 Å². The molecule has 0 saturated carbocycles. The van der Waals surface area contributed by atoms with Crippen molar-refractivity contribution in [1.82, 2.24) is 29.7 Å². The number of rotatable bonds is 4. The van der Waals surface area contributed by atoms with Gasteiger partial charge < -0.3 is 10.3 Å². The van der Waals surface area contributed by atoms with Crippen molar-refractivity contribution in [3.8, 4) is 22.2 Å². The summed E-state index contributed by atoms with van der Waals surface area (Å²) in [4.78, 5) is 13.6. The smallest absolute Gasteiger partial charge is 0.181 e. The van der Waals surface area contributed by atoms with Crippen LogP contribution in [0.2, 0.25) is 0 Å². The van der Waals surface area contributed by atoms with Gasteiger partial charge in [0.25, 0.3) is 0 Å². The maximum absolute atomic E-state index is 11.7. The standard InChI is InChI=1S/C19H21N7O2S2/c1-11-7-22-18(26(11)9-12-2-4-30(27,28)5-3-12)19-23-15(10-29-19)16-14-6-13(20)8-21-17(14)25-24-16/h6-8,10,12H,2-5,9,20H2,1H3,(H,21,24,25). The van der Waals surface area contributed by atoms with Crippen molar-refractivity contribution in [2.45, 2.75) is 26.3 Å². The minimum Gasteiger partial charge on any atom is -0.397 e. The van der Waals surface area contributed by atoms with Crippen molar-refractivity contribution in [2.75, 3.05) is 17.2 Å². The molecule has 0 atom stereocenters. The molecule has 11 heteroatoms. The molecular formula is C19H21N7O2S2. The van der Waals surface area contributed by atoms with Crippen LogP contribution in [0.1, 0.15) is 18.5 Å². The molecule has 0 bridgehead atoms. The summed E-state index contributed by atoms with van der Waals surface area (Å²) in [6.45, 7) is 2.76. The number of nitrogens with zero attached hydrogens (tertiary/aromatic N) is 5. The first-order valence-corrected chi connectivity index (χ1v) is 12.4. The van der Waals surface area contributed by atoms with Crippen LogP contribution in [0.15, 0.2) is 23.8 Å². The number of nitrogens with two attached hydrogens (primary N) is 1. The summed E-state index contributed by atoms with van der Waals surface area (Å²) in [6.07, 6.45) is 4.80. The van der Waals surface area contributed by atoms with Crippen LogP contribution in [-0.4, -0.2) is 49.6 Å². The second-order valence-corrected chi connectivity index (χ2v) is 10.9. The van der Waals surface area contributed by atoms with Crippen LogP contribution in [0.25, 0.3) is 33.3 Å². The zero-order chi connectivity index (χ0) is 20.9. The Hall–Kier alpha value is -2.79. The fraction of sp³-hybridized carbons (Fsp3) is 0.368. The lowest BCUT2D eigenvalue weighted by Gasteiger charge is -2.23. The van der Waals surface area contributed by atoms with Crippen LogP contribution in [0.4, 0.5) is 5.69 Å². The predicted octanol–water partition coefficient (Wildman–Crippen LogP) is 2.66. The number of hydrogen-bond acceptors (Lipinski definition) is 8. The molecule has 0 aliphatic carbocycles. The highest BCUT2D eigenvalue weighted by Gasteiger charge is 2.25. The van der Waals surface area contributed by atoms with Crippen LogP contribution in [0.3, 0.4) is 0 Å². The molecule has 0 aromatic carbocycles. The fourth-order valence-electron chi connectivity index (χ4n) is 3.84. The Labute approximate surface area is 177 Å². The summed E-state index contributed by atoms with van der Waals surface area (Å²) in [5.74, 6) is 1.67. The van der Waals surface area contributed by atoms with E-state index in [0.29, 0.717) is 30.1 Å². The molecule has 3 N–H and O–H groups in total. The number of fused-ring (bicyclic) bond motifs is 1. The molecule has 30 heavy (non-hydrogen) atoms. The van der Waals surface area contributed by atoms with E-state index in [1.807, 2.05) is 24.6 Å². The summed E-state index contributed by atoms with van der Waals surface area (Å²) >= 11 is 1.51. The van der Waals surface area contributed by atoms with Crippen LogP contribution < -0.4 is 5.73 Å². The minimum atomic E-state index is -2.87. The molecule has 5 rings (SSSR count).